The van der Waals surface area contributed by atoms with Gasteiger partial charge in [-0.05, 0) is 24.0 Å². The Bertz CT molecular complexity index is 336. The van der Waals surface area contributed by atoms with E-state index in [-0.39, 0.29) is 6.61 Å². The van der Waals surface area contributed by atoms with Gasteiger partial charge in [0, 0.05) is 5.75 Å². The fourth-order valence-electron chi connectivity index (χ4n) is 1.49. The van der Waals surface area contributed by atoms with Gasteiger partial charge >= 0.3 is 0 Å². The largest absolute Gasteiger partial charge is 0.491 e. The Hall–Kier alpha value is -0.780. The molecule has 0 unspecified atom stereocenters. The van der Waals surface area contributed by atoms with Crippen LogP contribution in [0.1, 0.15) is 5.56 Å². The van der Waals surface area contributed by atoms with Crippen LogP contribution in [0.25, 0.3) is 0 Å². The van der Waals surface area contributed by atoms with E-state index < -0.39 is 6.67 Å². The molecule has 0 spiro atoms. The molecule has 0 heterocycles. The first kappa shape index (κ1) is 16.3. The van der Waals surface area contributed by atoms with Crippen molar-refractivity contribution in [3.05, 3.63) is 29.8 Å². The highest BCUT2D eigenvalue weighted by Crippen LogP contribution is 2.16. The molecule has 0 aliphatic heterocycles. The Morgan fingerprint density at radius 3 is 2.53 bits per heavy atom. The molecule has 0 saturated heterocycles. The van der Waals surface area contributed by atoms with Crippen molar-refractivity contribution in [3.63, 3.8) is 0 Å². The van der Waals surface area contributed by atoms with E-state index >= 15 is 0 Å². The lowest BCUT2D eigenvalue weighted by Crippen LogP contribution is -2.11. The summed E-state index contributed by atoms with van der Waals surface area (Å²) in [6, 6.07) is 8.06. The first-order valence-electron chi connectivity index (χ1n) is 6.29. The van der Waals surface area contributed by atoms with Crippen LogP contribution in [-0.4, -0.2) is 46.0 Å². The Morgan fingerprint density at radius 2 is 1.79 bits per heavy atom. The standard InChI is InChI=1S/C14H21FO3S/c1-19-12-13-3-2-4-14(11-13)18-10-9-17-8-7-16-6-5-15/h2-4,11H,5-10,12H2,1H3. The Morgan fingerprint density at radius 1 is 1.05 bits per heavy atom. The number of hydrogen-bond acceptors (Lipinski definition) is 4. The van der Waals surface area contributed by atoms with Gasteiger partial charge in [-0.3, -0.25) is 0 Å². The summed E-state index contributed by atoms with van der Waals surface area (Å²) >= 11 is 1.78. The van der Waals surface area contributed by atoms with Crippen molar-refractivity contribution in [2.75, 3.05) is 46.0 Å². The first-order valence-corrected chi connectivity index (χ1v) is 7.68. The summed E-state index contributed by atoms with van der Waals surface area (Å²) in [5.74, 6) is 1.85. The first-order chi connectivity index (χ1) is 9.36. The maximum absolute atomic E-state index is 11.7. The minimum absolute atomic E-state index is 0.141. The third-order valence-electron chi connectivity index (χ3n) is 2.30. The van der Waals surface area contributed by atoms with Crippen LogP contribution in [0.3, 0.4) is 0 Å². The molecule has 5 heteroatoms. The van der Waals surface area contributed by atoms with Crippen LogP contribution in [0.5, 0.6) is 5.75 Å². The molecule has 0 aliphatic carbocycles. The highest BCUT2D eigenvalue weighted by atomic mass is 32.2. The van der Waals surface area contributed by atoms with Gasteiger partial charge in [-0.15, -0.1) is 0 Å². The smallest absolute Gasteiger partial charge is 0.119 e. The molecule has 0 saturated carbocycles. The third kappa shape index (κ3) is 8.08. The normalized spacial score (nSPS) is 10.6. The van der Waals surface area contributed by atoms with Crippen LogP contribution in [0.2, 0.25) is 0 Å². The number of benzene rings is 1. The van der Waals surface area contributed by atoms with Gasteiger partial charge in [-0.25, -0.2) is 4.39 Å². The monoisotopic (exact) mass is 288 g/mol. The quantitative estimate of drug-likeness (QED) is 0.585. The lowest BCUT2D eigenvalue weighted by molar-refractivity contribution is 0.0325. The zero-order valence-corrected chi connectivity index (χ0v) is 12.1. The Kier molecular flexibility index (Phi) is 9.49. The van der Waals surface area contributed by atoms with Gasteiger partial charge in [-0.2, -0.15) is 11.8 Å². The third-order valence-corrected chi connectivity index (χ3v) is 2.92. The molecule has 0 aliphatic rings. The van der Waals surface area contributed by atoms with Crippen molar-refractivity contribution in [1.29, 1.82) is 0 Å². The van der Waals surface area contributed by atoms with Crippen molar-refractivity contribution >= 4 is 11.8 Å². The molecule has 3 nitrogen and oxygen atoms in total. The molecule has 0 bridgehead atoms. The molecule has 0 amide bonds. The van der Waals surface area contributed by atoms with Gasteiger partial charge in [-0.1, -0.05) is 12.1 Å². The molecule has 0 aromatic heterocycles. The predicted molar refractivity (Wildman–Crippen MR) is 76.8 cm³/mol. The van der Waals surface area contributed by atoms with Crippen molar-refractivity contribution in [2.24, 2.45) is 0 Å². The molecule has 0 N–H and O–H groups in total. The summed E-state index contributed by atoms with van der Waals surface area (Å²) in [4.78, 5) is 0. The lowest BCUT2D eigenvalue weighted by atomic mass is 10.2. The van der Waals surface area contributed by atoms with Gasteiger partial charge in [0.1, 0.15) is 19.0 Å². The molecular formula is C14H21FO3S. The fraction of sp³-hybridized carbons (Fsp3) is 0.571. The molecule has 0 fully saturated rings. The second kappa shape index (κ2) is 11.1. The van der Waals surface area contributed by atoms with E-state index in [9.17, 15) is 4.39 Å². The molecular weight excluding hydrogens is 267 g/mol. The molecule has 1 aromatic carbocycles. The SMILES string of the molecule is CSCc1cccc(OCCOCCOCCF)c1. The van der Waals surface area contributed by atoms with Crippen molar-refractivity contribution in [2.45, 2.75) is 5.75 Å². The second-order valence-corrected chi connectivity index (χ2v) is 4.71. The number of ether oxygens (including phenoxy) is 3. The fourth-order valence-corrected chi connectivity index (χ4v) is 2.00. The maximum atomic E-state index is 11.7. The van der Waals surface area contributed by atoms with E-state index in [0.717, 1.165) is 11.5 Å². The molecule has 0 radical (unpaired) electrons. The van der Waals surface area contributed by atoms with Gasteiger partial charge in [0.2, 0.25) is 0 Å². The zero-order chi connectivity index (χ0) is 13.8. The van der Waals surface area contributed by atoms with E-state index in [1.165, 1.54) is 5.56 Å². The summed E-state index contributed by atoms with van der Waals surface area (Å²) in [5.41, 5.74) is 1.26. The van der Waals surface area contributed by atoms with Gasteiger partial charge < -0.3 is 14.2 Å². The Balaban J connectivity index is 2.07. The highest BCUT2D eigenvalue weighted by molar-refractivity contribution is 7.97. The average Bonchev–Trinajstić information content (AvgIpc) is 2.43. The van der Waals surface area contributed by atoms with E-state index in [0.29, 0.717) is 26.4 Å². The number of halogens is 1. The van der Waals surface area contributed by atoms with E-state index in [1.807, 2.05) is 18.2 Å². The molecule has 19 heavy (non-hydrogen) atoms. The van der Waals surface area contributed by atoms with Crippen LogP contribution in [0.4, 0.5) is 4.39 Å². The topological polar surface area (TPSA) is 27.7 Å². The summed E-state index contributed by atoms with van der Waals surface area (Å²) in [7, 11) is 0. The highest BCUT2D eigenvalue weighted by Gasteiger charge is 1.97. The minimum Gasteiger partial charge on any atom is -0.491 e. The molecule has 108 valence electrons. The summed E-state index contributed by atoms with van der Waals surface area (Å²) in [6.07, 6.45) is 2.08. The summed E-state index contributed by atoms with van der Waals surface area (Å²) < 4.78 is 27.5. The van der Waals surface area contributed by atoms with Gasteiger partial charge in [0.05, 0.1) is 26.4 Å². The Labute approximate surface area is 118 Å². The summed E-state index contributed by atoms with van der Waals surface area (Å²) in [6.45, 7) is 1.60. The van der Waals surface area contributed by atoms with Crippen molar-refractivity contribution in [3.8, 4) is 5.75 Å². The van der Waals surface area contributed by atoms with Crippen molar-refractivity contribution in [1.82, 2.24) is 0 Å². The van der Waals surface area contributed by atoms with Gasteiger partial charge in [0.15, 0.2) is 0 Å². The van der Waals surface area contributed by atoms with Crippen LogP contribution < -0.4 is 4.74 Å². The van der Waals surface area contributed by atoms with Crippen LogP contribution in [0.15, 0.2) is 24.3 Å². The minimum atomic E-state index is -0.449. The number of rotatable bonds is 11. The lowest BCUT2D eigenvalue weighted by Gasteiger charge is -2.08. The van der Waals surface area contributed by atoms with Crippen LogP contribution in [-0.2, 0) is 15.2 Å². The van der Waals surface area contributed by atoms with E-state index in [1.54, 1.807) is 11.8 Å². The molecule has 0 atom stereocenters. The molecule has 1 rings (SSSR count). The second-order valence-electron chi connectivity index (χ2n) is 3.84. The van der Waals surface area contributed by atoms with Crippen LogP contribution >= 0.6 is 11.8 Å². The predicted octanol–water partition coefficient (Wildman–Crippen LogP) is 2.93. The number of alkyl halides is 1. The van der Waals surface area contributed by atoms with Gasteiger partial charge in [0.25, 0.3) is 0 Å². The van der Waals surface area contributed by atoms with E-state index in [4.69, 9.17) is 14.2 Å². The number of thioether (sulfide) groups is 1. The number of hydrogen-bond donors (Lipinski definition) is 0. The summed E-state index contributed by atoms with van der Waals surface area (Å²) in [5, 5.41) is 0. The zero-order valence-electron chi connectivity index (χ0n) is 11.3. The average molecular weight is 288 g/mol. The van der Waals surface area contributed by atoms with Crippen molar-refractivity contribution < 1.29 is 18.6 Å². The maximum Gasteiger partial charge on any atom is 0.119 e. The molecule has 1 aromatic rings. The van der Waals surface area contributed by atoms with E-state index in [2.05, 4.69) is 12.3 Å². The van der Waals surface area contributed by atoms with Crippen LogP contribution in [0, 0.1) is 0 Å².